The lowest BCUT2D eigenvalue weighted by Crippen LogP contribution is -2.55. The minimum Gasteiger partial charge on any atom is -0.326 e. The summed E-state index contributed by atoms with van der Waals surface area (Å²) in [4.78, 5) is 40.6. The standard InChI is InChI=1S/C27H26ClFN4O3/c28-21-13-20(9-10-22(21)29)30-26(35)23(12-17-5-2-1-3-6-17)31-27(36)32-14-18-11-19(16-32)24-7-4-8-25(34)33(24)15-18/h1-10,13,18-19,23H,11-12,14-16H2,(H,30,35)(H,31,36)/t18-,19+,23-/m0/s1. The number of fused-ring (bicyclic) bond motifs is 4. The Balaban J connectivity index is 1.33. The summed E-state index contributed by atoms with van der Waals surface area (Å²) in [6, 6.07) is 17.4. The molecule has 1 fully saturated rings. The molecule has 1 aromatic heterocycles. The van der Waals surface area contributed by atoms with E-state index in [-0.39, 0.29) is 34.9 Å². The first-order valence-corrected chi connectivity index (χ1v) is 12.3. The molecule has 36 heavy (non-hydrogen) atoms. The summed E-state index contributed by atoms with van der Waals surface area (Å²) in [5, 5.41) is 5.54. The first kappa shape index (κ1) is 24.1. The fourth-order valence-corrected chi connectivity index (χ4v) is 5.35. The predicted octanol–water partition coefficient (Wildman–Crippen LogP) is 4.02. The Labute approximate surface area is 212 Å². The van der Waals surface area contributed by atoms with Crippen molar-refractivity contribution in [2.24, 2.45) is 5.92 Å². The number of pyridine rings is 1. The van der Waals surface area contributed by atoms with E-state index in [0.29, 0.717) is 25.3 Å². The Morgan fingerprint density at radius 1 is 1.03 bits per heavy atom. The Hall–Kier alpha value is -3.65. The number of anilines is 1. The van der Waals surface area contributed by atoms with Gasteiger partial charge in [0.25, 0.3) is 5.56 Å². The number of benzene rings is 2. The summed E-state index contributed by atoms with van der Waals surface area (Å²) in [6.45, 7) is 1.56. The molecule has 5 rings (SSSR count). The van der Waals surface area contributed by atoms with E-state index >= 15 is 0 Å². The van der Waals surface area contributed by atoms with Crippen LogP contribution in [0.15, 0.2) is 71.5 Å². The molecule has 2 bridgehead atoms. The van der Waals surface area contributed by atoms with Crippen molar-refractivity contribution >= 4 is 29.2 Å². The molecule has 186 valence electrons. The Kier molecular flexibility index (Phi) is 6.78. The second-order valence-electron chi connectivity index (χ2n) is 9.41. The number of hydrogen-bond donors (Lipinski definition) is 2. The van der Waals surface area contributed by atoms with Crippen molar-refractivity contribution in [3.8, 4) is 0 Å². The molecule has 7 nitrogen and oxygen atoms in total. The molecule has 3 heterocycles. The summed E-state index contributed by atoms with van der Waals surface area (Å²) >= 11 is 5.86. The van der Waals surface area contributed by atoms with E-state index in [2.05, 4.69) is 10.6 Å². The van der Waals surface area contributed by atoms with Gasteiger partial charge in [-0.25, -0.2) is 9.18 Å². The molecule has 3 aromatic rings. The number of nitrogens with one attached hydrogen (secondary N) is 2. The molecule has 3 atom stereocenters. The Morgan fingerprint density at radius 3 is 2.61 bits per heavy atom. The summed E-state index contributed by atoms with van der Waals surface area (Å²) in [5.41, 5.74) is 2.16. The third-order valence-corrected chi connectivity index (χ3v) is 7.14. The van der Waals surface area contributed by atoms with E-state index in [1.165, 1.54) is 18.2 Å². The molecule has 0 radical (unpaired) electrons. The van der Waals surface area contributed by atoms with Gasteiger partial charge in [0, 0.05) is 49.4 Å². The van der Waals surface area contributed by atoms with Gasteiger partial charge in [-0.3, -0.25) is 9.59 Å². The van der Waals surface area contributed by atoms with Crippen LogP contribution in [0, 0.1) is 11.7 Å². The molecule has 2 aliphatic rings. The minimum absolute atomic E-state index is 0.0133. The molecule has 2 aliphatic heterocycles. The summed E-state index contributed by atoms with van der Waals surface area (Å²) in [5.74, 6) is -0.767. The van der Waals surface area contributed by atoms with Crippen LogP contribution in [-0.4, -0.2) is 40.5 Å². The monoisotopic (exact) mass is 508 g/mol. The van der Waals surface area contributed by atoms with Gasteiger partial charge in [0.1, 0.15) is 11.9 Å². The topological polar surface area (TPSA) is 83.4 Å². The first-order valence-electron chi connectivity index (χ1n) is 11.9. The maximum Gasteiger partial charge on any atom is 0.318 e. The molecule has 0 saturated carbocycles. The number of halogens is 2. The van der Waals surface area contributed by atoms with Crippen LogP contribution in [0.5, 0.6) is 0 Å². The maximum atomic E-state index is 13.5. The zero-order valence-electron chi connectivity index (χ0n) is 19.5. The van der Waals surface area contributed by atoms with Crippen molar-refractivity contribution in [2.75, 3.05) is 18.4 Å². The van der Waals surface area contributed by atoms with Crippen LogP contribution in [0.3, 0.4) is 0 Å². The van der Waals surface area contributed by atoms with Gasteiger partial charge in [0.05, 0.1) is 5.02 Å². The van der Waals surface area contributed by atoms with Crippen LogP contribution in [-0.2, 0) is 17.8 Å². The number of urea groups is 1. The van der Waals surface area contributed by atoms with Crippen molar-refractivity contribution in [3.05, 3.63) is 99.2 Å². The largest absolute Gasteiger partial charge is 0.326 e. The lowest BCUT2D eigenvalue weighted by atomic mass is 9.83. The quantitative estimate of drug-likeness (QED) is 0.546. The Morgan fingerprint density at radius 2 is 1.83 bits per heavy atom. The molecule has 2 N–H and O–H groups in total. The normalized spacial score (nSPS) is 19.2. The van der Waals surface area contributed by atoms with E-state index in [4.69, 9.17) is 11.6 Å². The smallest absolute Gasteiger partial charge is 0.318 e. The van der Waals surface area contributed by atoms with Gasteiger partial charge in [-0.05, 0) is 42.2 Å². The zero-order chi connectivity index (χ0) is 25.2. The third-order valence-electron chi connectivity index (χ3n) is 6.85. The Bertz CT molecular complexity index is 1350. The van der Waals surface area contributed by atoms with E-state index in [9.17, 15) is 18.8 Å². The number of aromatic nitrogens is 1. The van der Waals surface area contributed by atoms with Crippen molar-refractivity contribution in [1.29, 1.82) is 0 Å². The fraction of sp³-hybridized carbons (Fsp3) is 0.296. The highest BCUT2D eigenvalue weighted by molar-refractivity contribution is 6.31. The second kappa shape index (κ2) is 10.1. The highest BCUT2D eigenvalue weighted by Crippen LogP contribution is 2.35. The number of piperidine rings is 1. The molecule has 1 saturated heterocycles. The molecular weight excluding hydrogens is 483 g/mol. The zero-order valence-corrected chi connectivity index (χ0v) is 20.2. The first-order chi connectivity index (χ1) is 17.4. The fourth-order valence-electron chi connectivity index (χ4n) is 5.16. The van der Waals surface area contributed by atoms with E-state index in [1.54, 1.807) is 17.0 Å². The average Bonchev–Trinajstić information content (AvgIpc) is 2.87. The van der Waals surface area contributed by atoms with E-state index in [1.807, 2.05) is 41.0 Å². The van der Waals surface area contributed by atoms with Crippen LogP contribution in [0.25, 0.3) is 0 Å². The maximum absolute atomic E-state index is 13.5. The van der Waals surface area contributed by atoms with Crippen LogP contribution in [0.2, 0.25) is 5.02 Å². The van der Waals surface area contributed by atoms with Gasteiger partial charge in [-0.2, -0.15) is 0 Å². The van der Waals surface area contributed by atoms with Gasteiger partial charge < -0.3 is 20.1 Å². The van der Waals surface area contributed by atoms with Gasteiger partial charge >= 0.3 is 6.03 Å². The van der Waals surface area contributed by atoms with Crippen molar-refractivity contribution in [2.45, 2.75) is 31.3 Å². The number of carbonyl (C=O) groups excluding carboxylic acids is 2. The third kappa shape index (κ3) is 5.14. The highest BCUT2D eigenvalue weighted by atomic mass is 35.5. The van der Waals surface area contributed by atoms with Crippen molar-refractivity contribution < 1.29 is 14.0 Å². The number of rotatable bonds is 5. The summed E-state index contributed by atoms with van der Waals surface area (Å²) in [7, 11) is 0. The second-order valence-corrected chi connectivity index (χ2v) is 9.82. The molecule has 0 unspecified atom stereocenters. The number of hydrogen-bond acceptors (Lipinski definition) is 3. The van der Waals surface area contributed by atoms with Gasteiger partial charge in [-0.1, -0.05) is 48.0 Å². The van der Waals surface area contributed by atoms with Gasteiger partial charge in [0.15, 0.2) is 0 Å². The summed E-state index contributed by atoms with van der Waals surface area (Å²) in [6.07, 6.45) is 1.21. The number of amides is 3. The van der Waals surface area contributed by atoms with E-state index in [0.717, 1.165) is 17.7 Å². The van der Waals surface area contributed by atoms with Crippen LogP contribution >= 0.6 is 11.6 Å². The molecule has 0 aliphatic carbocycles. The van der Waals surface area contributed by atoms with Crippen molar-refractivity contribution in [3.63, 3.8) is 0 Å². The molecule has 2 aromatic carbocycles. The van der Waals surface area contributed by atoms with Crippen molar-refractivity contribution in [1.82, 2.24) is 14.8 Å². The van der Waals surface area contributed by atoms with Gasteiger partial charge in [0.2, 0.25) is 5.91 Å². The van der Waals surface area contributed by atoms with Crippen LogP contribution in [0.4, 0.5) is 14.9 Å². The molecular formula is C27H26ClFN4O3. The van der Waals surface area contributed by atoms with Crippen LogP contribution in [0.1, 0.15) is 23.6 Å². The molecule has 0 spiro atoms. The SMILES string of the molecule is O=C(Nc1ccc(F)c(Cl)c1)[C@H](Cc1ccccc1)NC(=O)N1C[C@@H]2C[C@H](C1)c1cccc(=O)n1C2. The number of likely N-dealkylation sites (tertiary alicyclic amines) is 1. The lowest BCUT2D eigenvalue weighted by molar-refractivity contribution is -0.118. The predicted molar refractivity (Wildman–Crippen MR) is 136 cm³/mol. The van der Waals surface area contributed by atoms with Crippen LogP contribution < -0.4 is 16.2 Å². The molecule has 3 amide bonds. The van der Waals surface area contributed by atoms with E-state index < -0.39 is 17.8 Å². The number of carbonyl (C=O) groups is 2. The molecule has 9 heteroatoms. The average molecular weight is 509 g/mol. The summed E-state index contributed by atoms with van der Waals surface area (Å²) < 4.78 is 15.4. The minimum atomic E-state index is -0.861. The lowest BCUT2D eigenvalue weighted by Gasteiger charge is -2.43. The van der Waals surface area contributed by atoms with Gasteiger partial charge in [-0.15, -0.1) is 0 Å². The highest BCUT2D eigenvalue weighted by Gasteiger charge is 2.37. The number of nitrogens with zero attached hydrogens (tertiary/aromatic N) is 2.